The molecular weight excluding hydrogens is 467 g/mol. The largest absolute Gasteiger partial charge is 0.494 e. The van der Waals surface area contributed by atoms with Gasteiger partial charge in [-0.15, -0.1) is 0 Å². The molecule has 3 aromatic rings. The van der Waals surface area contributed by atoms with Crippen molar-refractivity contribution in [3.63, 3.8) is 0 Å². The van der Waals surface area contributed by atoms with E-state index in [-0.39, 0.29) is 24.1 Å². The monoisotopic (exact) mass is 498 g/mol. The highest BCUT2D eigenvalue weighted by Gasteiger charge is 2.77. The molecule has 8 heteroatoms. The molecule has 3 fully saturated rings. The van der Waals surface area contributed by atoms with Crippen molar-refractivity contribution in [1.29, 1.82) is 0 Å². The van der Waals surface area contributed by atoms with Crippen molar-refractivity contribution in [3.05, 3.63) is 76.7 Å². The fourth-order valence-electron chi connectivity index (χ4n) is 7.58. The van der Waals surface area contributed by atoms with Crippen LogP contribution in [0.25, 0.3) is 0 Å². The van der Waals surface area contributed by atoms with Crippen LogP contribution in [0.2, 0.25) is 0 Å². The van der Waals surface area contributed by atoms with Crippen molar-refractivity contribution in [1.82, 2.24) is 9.97 Å². The van der Waals surface area contributed by atoms with E-state index < -0.39 is 5.60 Å². The zero-order valence-corrected chi connectivity index (χ0v) is 21.8. The average Bonchev–Trinajstić information content (AvgIpc) is 3.58. The Morgan fingerprint density at radius 3 is 2.67 bits per heavy atom. The first kappa shape index (κ1) is 22.5. The number of aromatic amines is 1. The van der Waals surface area contributed by atoms with Crippen molar-refractivity contribution in [2.75, 3.05) is 16.9 Å². The quantitative estimate of drug-likeness (QED) is 0.391. The Morgan fingerprint density at radius 1 is 1.11 bits per heavy atom. The summed E-state index contributed by atoms with van der Waals surface area (Å²) in [7, 11) is -0.364. The molecule has 1 saturated heterocycles. The number of H-pyrrole nitrogens is 1. The third kappa shape index (κ3) is 2.86. The number of anilines is 2. The number of aromatic nitrogens is 2. The smallest absolute Gasteiger partial charge is 0.401 e. The van der Waals surface area contributed by atoms with Gasteiger partial charge in [0.2, 0.25) is 0 Å². The van der Waals surface area contributed by atoms with E-state index >= 15 is 0 Å². The van der Waals surface area contributed by atoms with Gasteiger partial charge in [-0.1, -0.05) is 87.6 Å². The van der Waals surface area contributed by atoms with E-state index in [4.69, 9.17) is 21.5 Å². The zero-order valence-electron chi connectivity index (χ0n) is 21.0. The van der Waals surface area contributed by atoms with Crippen molar-refractivity contribution in [3.8, 4) is 0 Å². The van der Waals surface area contributed by atoms with Crippen LogP contribution in [0, 0.1) is 21.4 Å². The predicted molar refractivity (Wildman–Crippen MR) is 145 cm³/mol. The van der Waals surface area contributed by atoms with Crippen LogP contribution < -0.4 is 15.7 Å². The average molecular weight is 498 g/mol. The minimum absolute atomic E-state index is 0.0368. The number of fused-ring (bicyclic) bond motifs is 6. The van der Waals surface area contributed by atoms with Gasteiger partial charge < -0.3 is 24.5 Å². The standard InChI is InChI=1S/C28H31BN4O2S/c1-26(2)21-13-14-27(26,3)25-28(21,19-7-5-4-6-8-19)35-29(34-25)20-11-9-18(10-12-20)15-33-17-32-22-23(33)30-16-31-24(22)36/h4-12,16,21,25,32H,13-15,17H2,1-3H3,(H,30,31,36). The molecule has 4 atom stereocenters. The molecule has 2 aliphatic carbocycles. The fourth-order valence-corrected chi connectivity index (χ4v) is 7.80. The van der Waals surface area contributed by atoms with Crippen LogP contribution in [0.1, 0.15) is 44.7 Å². The molecular formula is C28H31BN4O2S. The maximum absolute atomic E-state index is 7.05. The molecule has 1 aromatic heterocycles. The van der Waals surface area contributed by atoms with E-state index in [1.54, 1.807) is 6.33 Å². The highest BCUT2D eigenvalue weighted by atomic mass is 32.1. The lowest BCUT2D eigenvalue weighted by Gasteiger charge is -2.41. The predicted octanol–water partition coefficient (Wildman–Crippen LogP) is 4.99. The summed E-state index contributed by atoms with van der Waals surface area (Å²) in [5, 5.41) is 3.35. The molecule has 2 aliphatic heterocycles. The SMILES string of the molecule is CC1(C)C2CCC1(C)C1OB(c3ccc(CN4CNc5c4[nH]cnc5=S)cc3)OC21c1ccccc1. The Morgan fingerprint density at radius 2 is 1.89 bits per heavy atom. The molecule has 4 aliphatic rings. The molecule has 4 unspecified atom stereocenters. The molecule has 7 rings (SSSR count). The number of nitrogens with zero attached hydrogens (tertiary/aromatic N) is 2. The van der Waals surface area contributed by atoms with Crippen molar-refractivity contribution < 1.29 is 9.31 Å². The summed E-state index contributed by atoms with van der Waals surface area (Å²) >= 11 is 5.35. The van der Waals surface area contributed by atoms with Crippen molar-refractivity contribution in [2.45, 2.75) is 51.9 Å². The molecule has 36 heavy (non-hydrogen) atoms. The topological polar surface area (TPSA) is 62.4 Å². The van der Waals surface area contributed by atoms with E-state index in [1.807, 2.05) is 0 Å². The summed E-state index contributed by atoms with van der Waals surface area (Å²) in [6.45, 7) is 8.72. The molecule has 3 heterocycles. The highest BCUT2D eigenvalue weighted by molar-refractivity contribution is 7.71. The van der Waals surface area contributed by atoms with Gasteiger partial charge in [0, 0.05) is 12.0 Å². The lowest BCUT2D eigenvalue weighted by Crippen LogP contribution is -2.45. The lowest BCUT2D eigenvalue weighted by molar-refractivity contribution is -0.0369. The second-order valence-electron chi connectivity index (χ2n) is 11.6. The van der Waals surface area contributed by atoms with Crippen LogP contribution in [0.3, 0.4) is 0 Å². The van der Waals surface area contributed by atoms with E-state index in [0.717, 1.165) is 23.5 Å². The summed E-state index contributed by atoms with van der Waals surface area (Å²) in [5.74, 6) is 1.42. The van der Waals surface area contributed by atoms with Gasteiger partial charge in [0.15, 0.2) is 4.64 Å². The molecule has 2 bridgehead atoms. The minimum atomic E-state index is -0.405. The number of hydrogen-bond acceptors (Lipinski definition) is 6. The van der Waals surface area contributed by atoms with E-state index in [9.17, 15) is 0 Å². The Bertz CT molecular complexity index is 1380. The molecule has 2 N–H and O–H groups in total. The Kier molecular flexibility index (Phi) is 4.79. The van der Waals surface area contributed by atoms with Gasteiger partial charge in [-0.25, -0.2) is 4.98 Å². The summed E-state index contributed by atoms with van der Waals surface area (Å²) in [6.07, 6.45) is 4.05. The van der Waals surface area contributed by atoms with Gasteiger partial charge in [-0.05, 0) is 40.8 Å². The molecule has 0 radical (unpaired) electrons. The summed E-state index contributed by atoms with van der Waals surface area (Å²) in [4.78, 5) is 9.63. The van der Waals surface area contributed by atoms with Crippen LogP contribution in [0.15, 0.2) is 60.9 Å². The molecule has 0 spiro atoms. The molecule has 184 valence electrons. The van der Waals surface area contributed by atoms with Gasteiger partial charge in [0.05, 0.1) is 19.1 Å². The van der Waals surface area contributed by atoms with E-state index in [1.165, 1.54) is 24.0 Å². The molecule has 0 amide bonds. The first-order valence-electron chi connectivity index (χ1n) is 12.9. The van der Waals surface area contributed by atoms with Gasteiger partial charge >= 0.3 is 7.12 Å². The summed E-state index contributed by atoms with van der Waals surface area (Å²) < 4.78 is 14.5. The Hall–Kier alpha value is -2.68. The van der Waals surface area contributed by atoms with Crippen LogP contribution in [0.5, 0.6) is 0 Å². The van der Waals surface area contributed by atoms with E-state index in [0.29, 0.717) is 17.2 Å². The minimum Gasteiger partial charge on any atom is -0.401 e. The molecule has 2 aromatic carbocycles. The molecule has 6 nitrogen and oxygen atoms in total. The summed E-state index contributed by atoms with van der Waals surface area (Å²) in [6, 6.07) is 19.5. The number of rotatable bonds is 4. The third-order valence-corrected chi connectivity index (χ3v) is 10.1. The van der Waals surface area contributed by atoms with Gasteiger partial charge in [-0.3, -0.25) is 0 Å². The van der Waals surface area contributed by atoms with E-state index in [2.05, 4.69) is 95.6 Å². The maximum Gasteiger partial charge on any atom is 0.494 e. The fraction of sp³-hybridized carbons (Fsp3) is 0.429. The number of hydrogen-bond donors (Lipinski definition) is 2. The van der Waals surface area contributed by atoms with Crippen LogP contribution in [0.4, 0.5) is 11.5 Å². The first-order chi connectivity index (χ1) is 17.3. The Balaban J connectivity index is 1.17. The maximum atomic E-state index is 7.05. The van der Waals surface area contributed by atoms with Gasteiger partial charge in [0.25, 0.3) is 0 Å². The van der Waals surface area contributed by atoms with Crippen LogP contribution in [-0.2, 0) is 21.5 Å². The summed E-state index contributed by atoms with van der Waals surface area (Å²) in [5.41, 5.74) is 4.27. The van der Waals surface area contributed by atoms with Crippen LogP contribution >= 0.6 is 12.2 Å². The van der Waals surface area contributed by atoms with Crippen molar-refractivity contribution >= 4 is 36.3 Å². The van der Waals surface area contributed by atoms with Gasteiger partial charge in [0.1, 0.15) is 17.1 Å². The van der Waals surface area contributed by atoms with Crippen LogP contribution in [-0.4, -0.2) is 29.9 Å². The zero-order chi connectivity index (χ0) is 24.7. The highest BCUT2D eigenvalue weighted by Crippen LogP contribution is 2.75. The van der Waals surface area contributed by atoms with Crippen molar-refractivity contribution in [2.24, 2.45) is 16.7 Å². The third-order valence-electron chi connectivity index (χ3n) is 9.79. The molecule has 2 saturated carbocycles. The van der Waals surface area contributed by atoms with Gasteiger partial charge in [-0.2, -0.15) is 0 Å². The first-order valence-corrected chi connectivity index (χ1v) is 13.3. The Labute approximate surface area is 217 Å². The second kappa shape index (κ2) is 7.67. The lowest BCUT2D eigenvalue weighted by atomic mass is 9.69. The normalized spacial score (nSPS) is 31.4. The second-order valence-corrected chi connectivity index (χ2v) is 11.9. The number of benzene rings is 2. The number of nitrogens with one attached hydrogen (secondary N) is 2.